The number of carbonyl (C=O) groups excluding carboxylic acids is 1. The van der Waals surface area contributed by atoms with E-state index >= 15 is 0 Å². The molecular formula is C35H33N11O2. The molecule has 6 aromatic rings. The normalized spacial score (nSPS) is 15.9. The van der Waals surface area contributed by atoms with Crippen LogP contribution in [0.3, 0.4) is 0 Å². The Hall–Kier alpha value is -6.29. The number of nitriles is 1. The maximum atomic E-state index is 13.7. The molecule has 48 heavy (non-hydrogen) atoms. The van der Waals surface area contributed by atoms with E-state index in [2.05, 4.69) is 36.8 Å². The molecule has 4 heterocycles. The topological polar surface area (TPSA) is 173 Å². The van der Waals surface area contributed by atoms with Gasteiger partial charge in [0.05, 0.1) is 34.7 Å². The van der Waals surface area contributed by atoms with Crippen LogP contribution in [-0.2, 0) is 13.6 Å². The monoisotopic (exact) mass is 639 g/mol. The number of nitrogens with one attached hydrogen (secondary N) is 4. The molecule has 2 aromatic carbocycles. The Bertz CT molecular complexity index is 2160. The van der Waals surface area contributed by atoms with E-state index in [4.69, 9.17) is 9.97 Å². The van der Waals surface area contributed by atoms with Crippen LogP contribution in [0.4, 0.5) is 16.6 Å². The zero-order chi connectivity index (χ0) is 33.0. The molecule has 1 saturated carbocycles. The molecule has 0 unspecified atom stereocenters. The Morgan fingerprint density at radius 3 is 2.48 bits per heavy atom. The first-order valence-corrected chi connectivity index (χ1v) is 15.8. The quantitative estimate of drug-likeness (QED) is 0.178. The Morgan fingerprint density at radius 1 is 0.958 bits per heavy atom. The average Bonchev–Trinajstić information content (AvgIpc) is 3.73. The number of anilines is 2. The number of aromatic nitrogens is 7. The number of hydrogen-bond donors (Lipinski definition) is 4. The van der Waals surface area contributed by atoms with E-state index in [1.165, 1.54) is 6.20 Å². The van der Waals surface area contributed by atoms with E-state index in [1.54, 1.807) is 34.1 Å². The highest BCUT2D eigenvalue weighted by Gasteiger charge is 2.31. The molecule has 0 spiro atoms. The largest absolute Gasteiger partial charge is 0.351 e. The lowest BCUT2D eigenvalue weighted by molar-refractivity contribution is 0.240. The number of hydrogen-bond acceptors (Lipinski definition) is 8. The van der Waals surface area contributed by atoms with Crippen molar-refractivity contribution in [1.29, 1.82) is 5.26 Å². The second-order valence-corrected chi connectivity index (χ2v) is 11.9. The minimum absolute atomic E-state index is 0.0664. The lowest BCUT2D eigenvalue weighted by Gasteiger charge is -2.36. The highest BCUT2D eigenvalue weighted by Crippen LogP contribution is 2.30. The Morgan fingerprint density at radius 2 is 1.75 bits per heavy atom. The fourth-order valence-electron chi connectivity index (χ4n) is 6.18. The minimum atomic E-state index is -0.298. The molecule has 4 N–H and O–H groups in total. The van der Waals surface area contributed by atoms with Crippen molar-refractivity contribution in [3.05, 3.63) is 107 Å². The van der Waals surface area contributed by atoms with Gasteiger partial charge in [0.25, 0.3) is 0 Å². The van der Waals surface area contributed by atoms with Gasteiger partial charge < -0.3 is 20.6 Å². The lowest BCUT2D eigenvalue weighted by atomic mass is 9.90. The fraction of sp³-hybridized carbons (Fsp3) is 0.229. The van der Waals surface area contributed by atoms with Crippen molar-refractivity contribution in [2.45, 2.75) is 44.3 Å². The molecule has 13 nitrogen and oxygen atoms in total. The summed E-state index contributed by atoms with van der Waals surface area (Å²) in [6.45, 7) is 0.409. The van der Waals surface area contributed by atoms with Crippen LogP contribution in [0.2, 0.25) is 0 Å². The van der Waals surface area contributed by atoms with Gasteiger partial charge in [0.1, 0.15) is 11.9 Å². The first-order chi connectivity index (χ1) is 23.4. The van der Waals surface area contributed by atoms with Gasteiger partial charge in [0, 0.05) is 54.8 Å². The van der Waals surface area contributed by atoms with Crippen LogP contribution in [-0.4, -0.2) is 52.8 Å². The van der Waals surface area contributed by atoms with E-state index in [9.17, 15) is 14.9 Å². The summed E-state index contributed by atoms with van der Waals surface area (Å²) in [7, 11) is 1.87. The summed E-state index contributed by atoms with van der Waals surface area (Å²) in [6.07, 6.45) is 10.0. The van der Waals surface area contributed by atoms with Gasteiger partial charge in [-0.05, 0) is 55.5 Å². The number of amides is 2. The summed E-state index contributed by atoms with van der Waals surface area (Å²) in [5.41, 5.74) is 5.41. The first kappa shape index (κ1) is 30.4. The van der Waals surface area contributed by atoms with Crippen molar-refractivity contribution in [2.75, 3.05) is 10.2 Å². The van der Waals surface area contributed by atoms with Gasteiger partial charge >= 0.3 is 11.7 Å². The van der Waals surface area contributed by atoms with Crippen LogP contribution in [0.15, 0.2) is 90.2 Å². The average molecular weight is 640 g/mol. The van der Waals surface area contributed by atoms with Crippen molar-refractivity contribution in [1.82, 2.24) is 40.0 Å². The number of aryl methyl sites for hydroxylation is 1. The SMILES string of the molecule is Cn1cc(-c2ccc(N(C(=O)NCc3ccccc3)C3CCC(Nc4ncc(C#N)c(-c5ccc6[nH]c(=O)[nH]c6c5)n4)CC3)nc2)cn1. The summed E-state index contributed by atoms with van der Waals surface area (Å²) < 4.78 is 1.74. The van der Waals surface area contributed by atoms with Crippen molar-refractivity contribution < 1.29 is 4.79 Å². The van der Waals surface area contributed by atoms with Gasteiger partial charge in [-0.2, -0.15) is 10.4 Å². The van der Waals surface area contributed by atoms with E-state index in [-0.39, 0.29) is 23.8 Å². The number of imidazole rings is 1. The highest BCUT2D eigenvalue weighted by atomic mass is 16.2. The van der Waals surface area contributed by atoms with Gasteiger partial charge in [-0.15, -0.1) is 0 Å². The predicted molar refractivity (Wildman–Crippen MR) is 182 cm³/mol. The molecule has 1 aliphatic rings. The molecule has 2 amide bonds. The van der Waals surface area contributed by atoms with Gasteiger partial charge in [0.2, 0.25) is 5.95 Å². The van der Waals surface area contributed by atoms with Crippen LogP contribution in [0, 0.1) is 11.3 Å². The number of urea groups is 1. The van der Waals surface area contributed by atoms with Crippen LogP contribution >= 0.6 is 0 Å². The molecular weight excluding hydrogens is 606 g/mol. The third kappa shape index (κ3) is 6.50. The number of rotatable bonds is 8. The van der Waals surface area contributed by atoms with Crippen molar-refractivity contribution >= 4 is 28.8 Å². The Labute approximate surface area is 275 Å². The van der Waals surface area contributed by atoms with E-state index < -0.39 is 0 Å². The molecule has 0 bridgehead atoms. The molecule has 1 aliphatic carbocycles. The van der Waals surface area contributed by atoms with Crippen molar-refractivity contribution in [2.24, 2.45) is 7.05 Å². The molecule has 240 valence electrons. The Kier molecular flexibility index (Phi) is 8.36. The summed E-state index contributed by atoms with van der Waals surface area (Å²) in [4.78, 5) is 46.6. The third-order valence-corrected chi connectivity index (χ3v) is 8.63. The van der Waals surface area contributed by atoms with Crippen LogP contribution in [0.5, 0.6) is 0 Å². The number of fused-ring (bicyclic) bond motifs is 1. The lowest BCUT2D eigenvalue weighted by Crippen LogP contribution is -2.49. The van der Waals surface area contributed by atoms with E-state index in [0.29, 0.717) is 46.2 Å². The molecule has 1 fully saturated rings. The smallest absolute Gasteiger partial charge is 0.323 e. The maximum absolute atomic E-state index is 13.7. The number of pyridine rings is 1. The zero-order valence-electron chi connectivity index (χ0n) is 26.2. The molecule has 0 atom stereocenters. The standard InChI is InChI=1S/C35H33N11O2/c1-45-21-26(20-40-45)24-8-14-31(37-18-24)46(35(48)39-17-22-5-3-2-4-6-22)28-11-9-27(10-12-28)41-33-38-19-25(16-36)32(44-33)23-7-13-29-30(15-23)43-34(47)42-29/h2-8,13-15,18-21,27-28H,9-12,17H2,1H3,(H,39,48)(H,38,41,44)(H2,42,43,47). The minimum Gasteiger partial charge on any atom is -0.351 e. The van der Waals surface area contributed by atoms with E-state index in [1.807, 2.05) is 61.8 Å². The molecule has 0 radical (unpaired) electrons. The second kappa shape index (κ2) is 13.2. The van der Waals surface area contributed by atoms with Gasteiger partial charge in [-0.25, -0.2) is 24.5 Å². The molecule has 7 rings (SSSR count). The number of carbonyl (C=O) groups is 1. The number of nitrogens with zero attached hydrogens (tertiary/aromatic N) is 7. The van der Waals surface area contributed by atoms with Gasteiger partial charge in [0.15, 0.2) is 0 Å². The number of benzene rings is 2. The summed E-state index contributed by atoms with van der Waals surface area (Å²) in [5, 5.41) is 20.5. The molecule has 4 aromatic heterocycles. The van der Waals surface area contributed by atoms with Crippen LogP contribution < -0.4 is 21.2 Å². The molecule has 0 saturated heterocycles. The highest BCUT2D eigenvalue weighted by molar-refractivity contribution is 5.91. The van der Waals surface area contributed by atoms with E-state index in [0.717, 1.165) is 42.4 Å². The van der Waals surface area contributed by atoms with Crippen LogP contribution in [0.1, 0.15) is 36.8 Å². The summed E-state index contributed by atoms with van der Waals surface area (Å²) in [5.74, 6) is 1.01. The summed E-state index contributed by atoms with van der Waals surface area (Å²) >= 11 is 0. The van der Waals surface area contributed by atoms with Crippen molar-refractivity contribution in [3.8, 4) is 28.5 Å². The summed E-state index contributed by atoms with van der Waals surface area (Å²) in [6, 6.07) is 21.1. The first-order valence-electron chi connectivity index (χ1n) is 15.8. The zero-order valence-corrected chi connectivity index (χ0v) is 26.2. The van der Waals surface area contributed by atoms with Crippen LogP contribution in [0.25, 0.3) is 33.4 Å². The second-order valence-electron chi connectivity index (χ2n) is 11.9. The number of H-pyrrole nitrogens is 2. The fourth-order valence-corrected chi connectivity index (χ4v) is 6.18. The van der Waals surface area contributed by atoms with Gasteiger partial charge in [-0.1, -0.05) is 36.4 Å². The predicted octanol–water partition coefficient (Wildman–Crippen LogP) is 5.12. The maximum Gasteiger partial charge on any atom is 0.323 e. The van der Waals surface area contributed by atoms with Gasteiger partial charge in [-0.3, -0.25) is 9.58 Å². The molecule has 13 heteroatoms. The number of aromatic amines is 2. The molecule has 0 aliphatic heterocycles. The Balaban J connectivity index is 1.07. The third-order valence-electron chi connectivity index (χ3n) is 8.63. The van der Waals surface area contributed by atoms with Crippen molar-refractivity contribution in [3.63, 3.8) is 0 Å².